The van der Waals surface area contributed by atoms with Crippen LogP contribution < -0.4 is 9.47 Å². The van der Waals surface area contributed by atoms with E-state index in [9.17, 15) is 70.2 Å². The van der Waals surface area contributed by atoms with Crippen molar-refractivity contribution >= 4 is 12.0 Å². The average molecular weight is 873 g/mol. The second-order valence-electron chi connectivity index (χ2n) is 12.8. The minimum absolute atomic E-state index is 0.00747. The van der Waals surface area contributed by atoms with Crippen LogP contribution in [-0.2, 0) is 14.1 Å². The zero-order valence-corrected chi connectivity index (χ0v) is 31.0. The third kappa shape index (κ3) is 12.7. The van der Waals surface area contributed by atoms with Gasteiger partial charge < -0.3 is 14.2 Å². The molecule has 0 amide bonds. The molecule has 0 heterocycles. The van der Waals surface area contributed by atoms with Crippen LogP contribution in [0.25, 0.3) is 0 Å². The third-order valence-corrected chi connectivity index (χ3v) is 9.06. The Balaban J connectivity index is 3.08. The molecule has 1 unspecified atom stereocenters. The van der Waals surface area contributed by atoms with Crippen LogP contribution in [0.4, 0.5) is 70.2 Å². The van der Waals surface area contributed by atoms with E-state index in [4.69, 9.17) is 14.7 Å². The molecule has 0 aliphatic rings. The van der Waals surface area contributed by atoms with Gasteiger partial charge in [0.25, 0.3) is 0 Å². The van der Waals surface area contributed by atoms with Crippen molar-refractivity contribution in [3.05, 3.63) is 18.2 Å². The topological polar surface area (TPSA) is 66.4 Å². The molecule has 0 spiro atoms. The van der Waals surface area contributed by atoms with E-state index in [1.165, 1.54) is 18.2 Å². The van der Waals surface area contributed by atoms with Crippen molar-refractivity contribution < 1.29 is 99.1 Å². The first-order chi connectivity index (χ1) is 25.8. The van der Waals surface area contributed by atoms with E-state index in [-0.39, 0.29) is 28.9 Å². The van der Waals surface area contributed by atoms with Crippen molar-refractivity contribution in [2.45, 2.75) is 144 Å². The maximum atomic E-state index is 14.2. The molecule has 0 aromatic heterocycles. The van der Waals surface area contributed by atoms with Crippen molar-refractivity contribution in [1.29, 1.82) is 0 Å². The van der Waals surface area contributed by atoms with Gasteiger partial charge in [0.2, 0.25) is 0 Å². The second kappa shape index (κ2) is 22.3. The Morgan fingerprint density at radius 3 is 1.64 bits per heavy atom. The fourth-order valence-electron chi connectivity index (χ4n) is 5.09. The van der Waals surface area contributed by atoms with Gasteiger partial charge in [0.05, 0.1) is 25.3 Å². The highest BCUT2D eigenvalue weighted by Gasteiger charge is 2.93. The highest BCUT2D eigenvalue weighted by atomic mass is 32.2. The molecule has 0 aliphatic carbocycles. The Morgan fingerprint density at radius 1 is 0.607 bits per heavy atom. The number of halogens is 16. The SMILES string of the molecule is CCCCCCCCC(CCCCCC)COc1cc(SOOO)ccc1OCCOCC(F)(F)C(F)(F)C(F)(F)C(F)(F)C(F)(F)C(F)(F)C(F)(F)C(F)F. The fraction of sp³-hybridized carbons (Fsp3) is 0.818. The molecular formula is C33H44F16O6S. The van der Waals surface area contributed by atoms with E-state index in [1.807, 2.05) is 0 Å². The van der Waals surface area contributed by atoms with E-state index < -0.39 is 67.7 Å². The lowest BCUT2D eigenvalue weighted by molar-refractivity contribution is -0.448. The lowest BCUT2D eigenvalue weighted by atomic mass is 9.89. The monoisotopic (exact) mass is 872 g/mol. The van der Waals surface area contributed by atoms with Gasteiger partial charge in [0, 0.05) is 4.90 Å². The summed E-state index contributed by atoms with van der Waals surface area (Å²) in [6.45, 7) is -0.774. The smallest absolute Gasteiger partial charge is 0.384 e. The molecule has 1 atom stereocenters. The molecular weight excluding hydrogens is 828 g/mol. The summed E-state index contributed by atoms with van der Waals surface area (Å²) >= 11 is 0.505. The Labute approximate surface area is 316 Å². The Bertz CT molecular complexity index is 1280. The van der Waals surface area contributed by atoms with Crippen molar-refractivity contribution in [3.8, 4) is 11.5 Å². The van der Waals surface area contributed by atoms with Gasteiger partial charge in [0.15, 0.2) is 11.5 Å². The maximum Gasteiger partial charge on any atom is 0.384 e. The van der Waals surface area contributed by atoms with Gasteiger partial charge in [-0.1, -0.05) is 83.1 Å². The molecule has 0 bridgehead atoms. The molecule has 0 radical (unpaired) electrons. The summed E-state index contributed by atoms with van der Waals surface area (Å²) in [6.07, 6.45) is 5.89. The van der Waals surface area contributed by atoms with E-state index in [0.29, 0.717) is 12.0 Å². The average Bonchev–Trinajstić information content (AvgIpc) is 3.12. The van der Waals surface area contributed by atoms with E-state index in [1.54, 1.807) is 0 Å². The van der Waals surface area contributed by atoms with Crippen LogP contribution in [0.1, 0.15) is 90.9 Å². The first kappa shape index (κ1) is 51.9. The lowest BCUT2D eigenvalue weighted by Gasteiger charge is -2.42. The van der Waals surface area contributed by atoms with Gasteiger partial charge >= 0.3 is 47.9 Å². The molecule has 330 valence electrons. The van der Waals surface area contributed by atoms with Crippen LogP contribution in [0, 0.1) is 5.92 Å². The van der Waals surface area contributed by atoms with Crippen molar-refractivity contribution in [3.63, 3.8) is 0 Å². The molecule has 56 heavy (non-hydrogen) atoms. The fourth-order valence-corrected chi connectivity index (χ4v) is 5.48. The standard InChI is InChI=1S/C33H44F16O6S/c1-3-5-7-9-10-12-14-22(13-11-8-6-4-2)20-53-25-19-23(56-55-54-50)15-16-24(25)52-18-17-51-21-27(36,37)29(40,41)31(44,45)33(48,49)32(46,47)30(42,43)28(38,39)26(34)35/h15-16,19,22,26,50H,3-14,17-18,20-21H2,1-2H3. The van der Waals surface area contributed by atoms with Gasteiger partial charge in [0.1, 0.15) is 13.2 Å². The Kier molecular flexibility index (Phi) is 20.7. The molecule has 1 rings (SSSR count). The summed E-state index contributed by atoms with van der Waals surface area (Å²) in [5, 5.41) is 12.0. The van der Waals surface area contributed by atoms with Gasteiger partial charge in [-0.15, -0.1) is 4.33 Å². The minimum Gasteiger partial charge on any atom is -0.489 e. The van der Waals surface area contributed by atoms with Crippen LogP contribution in [0.3, 0.4) is 0 Å². The van der Waals surface area contributed by atoms with Gasteiger partial charge in [-0.2, -0.15) is 61.5 Å². The molecule has 0 saturated heterocycles. The molecule has 1 N–H and O–H groups in total. The van der Waals surface area contributed by atoms with Gasteiger partial charge in [-0.3, -0.25) is 0 Å². The molecule has 1 aromatic rings. The van der Waals surface area contributed by atoms with Crippen LogP contribution in [0.15, 0.2) is 23.1 Å². The summed E-state index contributed by atoms with van der Waals surface area (Å²) in [5.41, 5.74) is 0. The molecule has 1 aromatic carbocycles. The maximum absolute atomic E-state index is 14.2. The lowest BCUT2D eigenvalue weighted by Crippen LogP contribution is -2.74. The molecule has 0 fully saturated rings. The van der Waals surface area contributed by atoms with E-state index >= 15 is 0 Å². The number of ether oxygens (including phenoxy) is 3. The van der Waals surface area contributed by atoms with E-state index in [2.05, 4.69) is 28.0 Å². The largest absolute Gasteiger partial charge is 0.489 e. The highest BCUT2D eigenvalue weighted by Crippen LogP contribution is 2.62. The van der Waals surface area contributed by atoms with Gasteiger partial charge in [-0.05, 0) is 37.0 Å². The number of benzene rings is 1. The summed E-state index contributed by atoms with van der Waals surface area (Å²) in [4.78, 5) is 0.258. The minimum atomic E-state index is -8.48. The number of rotatable bonds is 31. The number of alkyl halides is 16. The number of hydrogen-bond acceptors (Lipinski definition) is 7. The van der Waals surface area contributed by atoms with Crippen molar-refractivity contribution in [2.75, 3.05) is 26.4 Å². The van der Waals surface area contributed by atoms with E-state index in [0.717, 1.165) is 77.0 Å². The summed E-state index contributed by atoms with van der Waals surface area (Å²) in [5.74, 6) is -55.2. The van der Waals surface area contributed by atoms with Crippen molar-refractivity contribution in [1.82, 2.24) is 0 Å². The van der Waals surface area contributed by atoms with Crippen LogP contribution >= 0.6 is 12.0 Å². The summed E-state index contributed by atoms with van der Waals surface area (Å²) in [7, 11) is 0. The first-order valence-electron chi connectivity index (χ1n) is 17.4. The molecule has 0 aliphatic heterocycles. The van der Waals surface area contributed by atoms with Gasteiger partial charge in [-0.25, -0.2) is 14.0 Å². The molecule has 6 nitrogen and oxygen atoms in total. The summed E-state index contributed by atoms with van der Waals surface area (Å²) in [6, 6.07) is 3.85. The predicted octanol–water partition coefficient (Wildman–Crippen LogP) is 12.9. The quantitative estimate of drug-likeness (QED) is 0.0262. The molecule has 23 heteroatoms. The number of hydrogen-bond donors (Lipinski definition) is 1. The Morgan fingerprint density at radius 2 is 1.11 bits per heavy atom. The Hall–Kier alpha value is -2.11. The predicted molar refractivity (Wildman–Crippen MR) is 170 cm³/mol. The zero-order chi connectivity index (χ0) is 43.1. The zero-order valence-electron chi connectivity index (χ0n) is 30.1. The highest BCUT2D eigenvalue weighted by molar-refractivity contribution is 7.94. The van der Waals surface area contributed by atoms with Crippen LogP contribution in [-0.4, -0.2) is 79.6 Å². The second-order valence-corrected chi connectivity index (χ2v) is 13.6. The third-order valence-electron chi connectivity index (χ3n) is 8.48. The first-order valence-corrected chi connectivity index (χ1v) is 18.1. The summed E-state index contributed by atoms with van der Waals surface area (Å²) < 4.78 is 237. The normalized spacial score (nSPS) is 14.4. The molecule has 0 saturated carbocycles. The number of unbranched alkanes of at least 4 members (excludes halogenated alkanes) is 8. The van der Waals surface area contributed by atoms with Crippen molar-refractivity contribution in [2.24, 2.45) is 5.92 Å². The van der Waals surface area contributed by atoms with Crippen LogP contribution in [0.2, 0.25) is 0 Å². The van der Waals surface area contributed by atoms with Crippen LogP contribution in [0.5, 0.6) is 11.5 Å².